The van der Waals surface area contributed by atoms with Crippen LogP contribution in [-0.4, -0.2) is 4.98 Å². The van der Waals surface area contributed by atoms with Crippen LogP contribution in [0.3, 0.4) is 0 Å². The monoisotopic (exact) mass is 159 g/mol. The van der Waals surface area contributed by atoms with E-state index in [-0.39, 0.29) is 0 Å². The van der Waals surface area contributed by atoms with E-state index < -0.39 is 0 Å². The summed E-state index contributed by atoms with van der Waals surface area (Å²) < 4.78 is 0. The SMILES string of the molecule is CC1=CC(C)C=Cc2[nH]ccc21. The van der Waals surface area contributed by atoms with Crippen molar-refractivity contribution in [2.75, 3.05) is 0 Å². The molecule has 12 heavy (non-hydrogen) atoms. The van der Waals surface area contributed by atoms with Crippen LogP contribution < -0.4 is 0 Å². The second-order valence-electron chi connectivity index (χ2n) is 3.37. The molecule has 1 heteroatoms. The predicted octanol–water partition coefficient (Wildman–Crippen LogP) is 3.08. The third kappa shape index (κ3) is 1.11. The molecule has 0 saturated carbocycles. The van der Waals surface area contributed by atoms with Crippen LogP contribution in [0.4, 0.5) is 0 Å². The number of rotatable bonds is 0. The second-order valence-corrected chi connectivity index (χ2v) is 3.37. The Morgan fingerprint density at radius 3 is 3.08 bits per heavy atom. The molecule has 1 nitrogen and oxygen atoms in total. The van der Waals surface area contributed by atoms with Crippen LogP contribution in [0.15, 0.2) is 24.4 Å². The molecule has 1 aromatic rings. The number of allylic oxidation sites excluding steroid dienone is 3. The Kier molecular flexibility index (Phi) is 1.65. The van der Waals surface area contributed by atoms with Crippen molar-refractivity contribution in [1.82, 2.24) is 4.98 Å². The van der Waals surface area contributed by atoms with Gasteiger partial charge in [-0.25, -0.2) is 0 Å². The molecule has 62 valence electrons. The summed E-state index contributed by atoms with van der Waals surface area (Å²) in [6.07, 6.45) is 8.65. The second kappa shape index (κ2) is 2.67. The molecule has 1 N–H and O–H groups in total. The minimum absolute atomic E-state index is 0.547. The molecule has 0 aromatic carbocycles. The van der Waals surface area contributed by atoms with Crippen molar-refractivity contribution < 1.29 is 0 Å². The van der Waals surface area contributed by atoms with Gasteiger partial charge in [-0.2, -0.15) is 0 Å². The summed E-state index contributed by atoms with van der Waals surface area (Å²) in [4.78, 5) is 3.22. The fourth-order valence-electron chi connectivity index (χ4n) is 1.65. The van der Waals surface area contributed by atoms with Crippen molar-refractivity contribution in [3.05, 3.63) is 35.7 Å². The lowest BCUT2D eigenvalue weighted by atomic mass is 10.1. The van der Waals surface area contributed by atoms with Crippen LogP contribution in [0.25, 0.3) is 11.6 Å². The van der Waals surface area contributed by atoms with Gasteiger partial charge in [0.05, 0.1) is 0 Å². The highest BCUT2D eigenvalue weighted by molar-refractivity contribution is 5.73. The first-order chi connectivity index (χ1) is 5.77. The van der Waals surface area contributed by atoms with Gasteiger partial charge in [-0.3, -0.25) is 0 Å². The fourth-order valence-corrected chi connectivity index (χ4v) is 1.65. The molecule has 0 amide bonds. The van der Waals surface area contributed by atoms with E-state index in [4.69, 9.17) is 0 Å². The Morgan fingerprint density at radius 1 is 1.42 bits per heavy atom. The summed E-state index contributed by atoms with van der Waals surface area (Å²) in [6, 6.07) is 2.13. The largest absolute Gasteiger partial charge is 0.361 e. The Hall–Kier alpha value is -1.24. The van der Waals surface area contributed by atoms with Gasteiger partial charge in [0.15, 0.2) is 0 Å². The molecule has 1 aromatic heterocycles. The standard InChI is InChI=1S/C11H13N/c1-8-3-4-11-10(5-6-12-11)9(2)7-8/h3-8,12H,1-2H3. The van der Waals surface area contributed by atoms with Crippen LogP contribution in [0.5, 0.6) is 0 Å². The van der Waals surface area contributed by atoms with Crippen molar-refractivity contribution in [1.29, 1.82) is 0 Å². The van der Waals surface area contributed by atoms with Crippen molar-refractivity contribution in [3.63, 3.8) is 0 Å². The topological polar surface area (TPSA) is 15.8 Å². The molecule has 1 unspecified atom stereocenters. The molecule has 0 fully saturated rings. The van der Waals surface area contributed by atoms with Crippen LogP contribution in [0.2, 0.25) is 0 Å². The summed E-state index contributed by atoms with van der Waals surface area (Å²) in [5, 5.41) is 0. The van der Waals surface area contributed by atoms with E-state index in [1.165, 1.54) is 16.8 Å². The normalized spacial score (nSPS) is 21.5. The van der Waals surface area contributed by atoms with Crippen LogP contribution in [-0.2, 0) is 0 Å². The van der Waals surface area contributed by atoms with Gasteiger partial charge in [0.2, 0.25) is 0 Å². The molecule has 0 radical (unpaired) electrons. The molecular formula is C11H13N. The third-order valence-corrected chi connectivity index (χ3v) is 2.28. The number of hydrogen-bond acceptors (Lipinski definition) is 0. The highest BCUT2D eigenvalue weighted by Crippen LogP contribution is 2.24. The molecule has 1 atom stereocenters. The Morgan fingerprint density at radius 2 is 2.25 bits per heavy atom. The van der Waals surface area contributed by atoms with Gasteiger partial charge < -0.3 is 4.98 Å². The van der Waals surface area contributed by atoms with E-state index in [1.54, 1.807) is 0 Å². The van der Waals surface area contributed by atoms with Gasteiger partial charge >= 0.3 is 0 Å². The van der Waals surface area contributed by atoms with Gasteiger partial charge in [0.25, 0.3) is 0 Å². The molecule has 2 rings (SSSR count). The van der Waals surface area contributed by atoms with E-state index in [0.717, 1.165) is 0 Å². The highest BCUT2D eigenvalue weighted by Gasteiger charge is 2.07. The van der Waals surface area contributed by atoms with Crippen molar-refractivity contribution >= 4 is 11.6 Å². The van der Waals surface area contributed by atoms with Gasteiger partial charge in [0.1, 0.15) is 0 Å². The van der Waals surface area contributed by atoms with Gasteiger partial charge in [0, 0.05) is 17.5 Å². The zero-order valence-electron chi connectivity index (χ0n) is 7.46. The zero-order valence-corrected chi connectivity index (χ0v) is 7.46. The van der Waals surface area contributed by atoms with Gasteiger partial charge in [-0.05, 0) is 30.6 Å². The fraction of sp³-hybridized carbons (Fsp3) is 0.273. The van der Waals surface area contributed by atoms with Gasteiger partial charge in [-0.1, -0.05) is 19.1 Å². The summed E-state index contributed by atoms with van der Waals surface area (Å²) in [5.41, 5.74) is 3.92. The summed E-state index contributed by atoms with van der Waals surface area (Å²) >= 11 is 0. The molecule has 1 aliphatic rings. The number of aromatic amines is 1. The maximum atomic E-state index is 3.22. The van der Waals surface area contributed by atoms with E-state index in [9.17, 15) is 0 Å². The van der Waals surface area contributed by atoms with Crippen molar-refractivity contribution in [2.24, 2.45) is 5.92 Å². The maximum Gasteiger partial charge on any atom is 0.0453 e. The summed E-state index contributed by atoms with van der Waals surface area (Å²) in [6.45, 7) is 4.36. The molecule has 1 heterocycles. The Labute approximate surface area is 72.8 Å². The minimum Gasteiger partial charge on any atom is -0.361 e. The van der Waals surface area contributed by atoms with E-state index in [2.05, 4.69) is 43.1 Å². The molecule has 0 spiro atoms. The van der Waals surface area contributed by atoms with E-state index in [1.807, 2.05) is 6.20 Å². The Bertz CT molecular complexity index is 342. The molecular weight excluding hydrogens is 146 g/mol. The minimum atomic E-state index is 0.547. The maximum absolute atomic E-state index is 3.22. The molecule has 0 saturated heterocycles. The Balaban J connectivity index is 2.55. The van der Waals surface area contributed by atoms with Crippen molar-refractivity contribution in [3.8, 4) is 0 Å². The quantitative estimate of drug-likeness (QED) is 0.598. The van der Waals surface area contributed by atoms with E-state index in [0.29, 0.717) is 5.92 Å². The highest BCUT2D eigenvalue weighted by atomic mass is 14.7. The van der Waals surface area contributed by atoms with Crippen LogP contribution >= 0.6 is 0 Å². The zero-order chi connectivity index (χ0) is 8.55. The lowest BCUT2D eigenvalue weighted by Crippen LogP contribution is -1.81. The number of H-pyrrole nitrogens is 1. The lowest BCUT2D eigenvalue weighted by Gasteiger charge is -1.98. The van der Waals surface area contributed by atoms with Crippen LogP contribution in [0, 0.1) is 5.92 Å². The summed E-state index contributed by atoms with van der Waals surface area (Å²) in [7, 11) is 0. The molecule has 0 aliphatic heterocycles. The van der Waals surface area contributed by atoms with E-state index >= 15 is 0 Å². The molecule has 0 bridgehead atoms. The first-order valence-electron chi connectivity index (χ1n) is 4.32. The van der Waals surface area contributed by atoms with Gasteiger partial charge in [-0.15, -0.1) is 0 Å². The van der Waals surface area contributed by atoms with Crippen molar-refractivity contribution in [2.45, 2.75) is 13.8 Å². The predicted molar refractivity (Wildman–Crippen MR) is 52.6 cm³/mol. The average Bonchev–Trinajstić information content (AvgIpc) is 2.43. The first-order valence-corrected chi connectivity index (χ1v) is 4.32. The summed E-state index contributed by atoms with van der Waals surface area (Å²) in [5.74, 6) is 0.547. The number of hydrogen-bond donors (Lipinski definition) is 1. The number of fused-ring (bicyclic) bond motifs is 1. The molecule has 1 aliphatic carbocycles. The van der Waals surface area contributed by atoms with Crippen LogP contribution in [0.1, 0.15) is 25.1 Å². The number of nitrogens with one attached hydrogen (secondary N) is 1. The smallest absolute Gasteiger partial charge is 0.0453 e. The first kappa shape index (κ1) is 7.41. The number of aromatic nitrogens is 1. The lowest BCUT2D eigenvalue weighted by molar-refractivity contribution is 0.949. The third-order valence-electron chi connectivity index (χ3n) is 2.28. The average molecular weight is 159 g/mol.